The van der Waals surface area contributed by atoms with Crippen LogP contribution < -0.4 is 0 Å². The summed E-state index contributed by atoms with van der Waals surface area (Å²) in [6.45, 7) is 1.85. The summed E-state index contributed by atoms with van der Waals surface area (Å²) in [5.41, 5.74) is 1.87. The van der Waals surface area contributed by atoms with Crippen LogP contribution in [0.25, 0.3) is 0 Å². The van der Waals surface area contributed by atoms with Crippen LogP contribution in [0.1, 0.15) is 22.8 Å². The van der Waals surface area contributed by atoms with Crippen molar-refractivity contribution in [2.45, 2.75) is 19.4 Å². The number of hydrogen-bond donors (Lipinski definition) is 1. The van der Waals surface area contributed by atoms with Gasteiger partial charge in [-0.2, -0.15) is 0 Å². The molecule has 19 heavy (non-hydrogen) atoms. The van der Waals surface area contributed by atoms with E-state index in [0.717, 1.165) is 5.56 Å². The molecule has 1 N–H and O–H groups in total. The van der Waals surface area contributed by atoms with E-state index in [1.165, 1.54) is 6.07 Å². The first kappa shape index (κ1) is 14.3. The zero-order valence-electron chi connectivity index (χ0n) is 10.3. The van der Waals surface area contributed by atoms with E-state index in [1.807, 2.05) is 6.92 Å². The van der Waals surface area contributed by atoms with Crippen LogP contribution in [0.3, 0.4) is 0 Å². The average Bonchev–Trinajstić information content (AvgIpc) is 2.38. The third-order valence-corrected chi connectivity index (χ3v) is 3.81. The molecule has 0 saturated heterocycles. The lowest BCUT2D eigenvalue weighted by Gasteiger charge is -2.14. The molecule has 0 aliphatic rings. The van der Waals surface area contributed by atoms with Gasteiger partial charge in [-0.3, -0.25) is 0 Å². The Bertz CT molecular complexity index is 599. The van der Waals surface area contributed by atoms with Crippen molar-refractivity contribution in [1.82, 2.24) is 0 Å². The second-order valence-corrected chi connectivity index (χ2v) is 5.24. The lowest BCUT2D eigenvalue weighted by molar-refractivity contribution is 0.173. The average molecular weight is 299 g/mol. The highest BCUT2D eigenvalue weighted by Crippen LogP contribution is 2.30. The molecule has 0 saturated carbocycles. The molecule has 0 aliphatic carbocycles. The van der Waals surface area contributed by atoms with E-state index in [0.29, 0.717) is 15.6 Å². The molecule has 0 amide bonds. The first-order valence-electron chi connectivity index (χ1n) is 5.86. The summed E-state index contributed by atoms with van der Waals surface area (Å²) in [4.78, 5) is 0. The van der Waals surface area contributed by atoms with E-state index < -0.39 is 11.9 Å². The maximum Gasteiger partial charge on any atom is 0.129 e. The summed E-state index contributed by atoms with van der Waals surface area (Å²) in [5, 5.41) is 11.0. The maximum absolute atomic E-state index is 13.7. The van der Waals surface area contributed by atoms with Gasteiger partial charge >= 0.3 is 0 Å². The molecule has 1 unspecified atom stereocenters. The molecule has 1 nitrogen and oxygen atoms in total. The summed E-state index contributed by atoms with van der Waals surface area (Å²) in [6, 6.07) is 9.85. The maximum atomic E-state index is 13.7. The van der Waals surface area contributed by atoms with Crippen molar-refractivity contribution in [3.63, 3.8) is 0 Å². The van der Waals surface area contributed by atoms with Gasteiger partial charge in [-0.15, -0.1) is 0 Å². The summed E-state index contributed by atoms with van der Waals surface area (Å²) in [5.74, 6) is -0.420. The van der Waals surface area contributed by atoms with E-state index in [-0.39, 0.29) is 12.0 Å². The Labute approximate surface area is 121 Å². The molecule has 2 aromatic carbocycles. The summed E-state index contributed by atoms with van der Waals surface area (Å²) >= 11 is 12.0. The Morgan fingerprint density at radius 1 is 1.21 bits per heavy atom. The summed E-state index contributed by atoms with van der Waals surface area (Å²) < 4.78 is 13.7. The molecule has 0 fully saturated rings. The van der Waals surface area contributed by atoms with Gasteiger partial charge < -0.3 is 5.11 Å². The summed E-state index contributed by atoms with van der Waals surface area (Å²) in [6.07, 6.45) is -0.726. The third-order valence-electron chi connectivity index (χ3n) is 2.96. The normalized spacial score (nSPS) is 12.5. The third kappa shape index (κ3) is 3.27. The zero-order valence-corrected chi connectivity index (χ0v) is 11.8. The largest absolute Gasteiger partial charge is 0.388 e. The van der Waals surface area contributed by atoms with E-state index >= 15 is 0 Å². The fourth-order valence-corrected chi connectivity index (χ4v) is 2.34. The zero-order chi connectivity index (χ0) is 14.0. The van der Waals surface area contributed by atoms with Gasteiger partial charge in [0.1, 0.15) is 5.82 Å². The van der Waals surface area contributed by atoms with E-state index in [9.17, 15) is 9.50 Å². The van der Waals surface area contributed by atoms with E-state index in [4.69, 9.17) is 23.2 Å². The number of hydrogen-bond acceptors (Lipinski definition) is 1. The van der Waals surface area contributed by atoms with Gasteiger partial charge in [-0.1, -0.05) is 53.0 Å². The van der Waals surface area contributed by atoms with Crippen molar-refractivity contribution in [3.05, 3.63) is 69.0 Å². The fraction of sp³-hybridized carbons (Fsp3) is 0.200. The van der Waals surface area contributed by atoms with Gasteiger partial charge in [0.05, 0.1) is 16.1 Å². The number of benzene rings is 2. The highest BCUT2D eigenvalue weighted by molar-refractivity contribution is 6.42. The molecular weight excluding hydrogens is 286 g/mol. The molecule has 2 rings (SSSR count). The smallest absolute Gasteiger partial charge is 0.129 e. The first-order chi connectivity index (χ1) is 8.99. The highest BCUT2D eigenvalue weighted by Gasteiger charge is 2.16. The van der Waals surface area contributed by atoms with Crippen molar-refractivity contribution in [2.24, 2.45) is 0 Å². The fourth-order valence-electron chi connectivity index (χ4n) is 1.94. The lowest BCUT2D eigenvalue weighted by atomic mass is 9.99. The van der Waals surface area contributed by atoms with Crippen LogP contribution in [-0.4, -0.2) is 5.11 Å². The Morgan fingerprint density at radius 3 is 2.68 bits per heavy atom. The van der Waals surface area contributed by atoms with Crippen molar-refractivity contribution >= 4 is 23.2 Å². The van der Waals surface area contributed by atoms with Crippen LogP contribution in [0.4, 0.5) is 4.39 Å². The molecular formula is C15H13Cl2FO. The minimum Gasteiger partial charge on any atom is -0.388 e. The molecule has 100 valence electrons. The molecule has 0 heterocycles. The molecule has 0 bridgehead atoms. The van der Waals surface area contributed by atoms with Gasteiger partial charge in [-0.05, 0) is 24.6 Å². The first-order valence-corrected chi connectivity index (χ1v) is 6.61. The van der Waals surface area contributed by atoms with Gasteiger partial charge in [0.2, 0.25) is 0 Å². The lowest BCUT2D eigenvalue weighted by Crippen LogP contribution is -2.05. The second kappa shape index (κ2) is 5.91. The topological polar surface area (TPSA) is 20.2 Å². The quantitative estimate of drug-likeness (QED) is 0.869. The standard InChI is InChI=1S/C15H13Cl2FO/c1-9-5-6-13(18)11(7-9)14(19)8-10-3-2-4-12(16)15(10)17/h2-7,14,19H,8H2,1H3. The number of aliphatic hydroxyl groups excluding tert-OH is 1. The van der Waals surface area contributed by atoms with Crippen LogP contribution in [0, 0.1) is 12.7 Å². The van der Waals surface area contributed by atoms with Crippen LogP contribution >= 0.6 is 23.2 Å². The molecule has 1 atom stereocenters. The minimum atomic E-state index is -0.948. The Balaban J connectivity index is 2.28. The van der Waals surface area contributed by atoms with E-state index in [2.05, 4.69) is 0 Å². The summed E-state index contributed by atoms with van der Waals surface area (Å²) in [7, 11) is 0. The predicted molar refractivity (Wildman–Crippen MR) is 76.3 cm³/mol. The molecule has 4 heteroatoms. The molecule has 2 aromatic rings. The SMILES string of the molecule is Cc1ccc(F)c(C(O)Cc2cccc(Cl)c2Cl)c1. The Morgan fingerprint density at radius 2 is 1.95 bits per heavy atom. The molecule has 0 aliphatic heterocycles. The number of halogens is 3. The molecule has 0 aromatic heterocycles. The van der Waals surface area contributed by atoms with Crippen molar-refractivity contribution in [2.75, 3.05) is 0 Å². The Kier molecular flexibility index (Phi) is 4.46. The van der Waals surface area contributed by atoms with Gasteiger partial charge in [0.15, 0.2) is 0 Å². The van der Waals surface area contributed by atoms with Gasteiger partial charge in [0, 0.05) is 12.0 Å². The predicted octanol–water partition coefficient (Wildman–Crippen LogP) is 4.72. The highest BCUT2D eigenvalue weighted by atomic mass is 35.5. The van der Waals surface area contributed by atoms with Crippen molar-refractivity contribution in [3.8, 4) is 0 Å². The van der Waals surface area contributed by atoms with E-state index in [1.54, 1.807) is 30.3 Å². The van der Waals surface area contributed by atoms with Crippen molar-refractivity contribution in [1.29, 1.82) is 0 Å². The van der Waals surface area contributed by atoms with Crippen LogP contribution in [0.2, 0.25) is 10.0 Å². The number of aliphatic hydroxyl groups is 1. The van der Waals surface area contributed by atoms with Crippen LogP contribution in [0.15, 0.2) is 36.4 Å². The number of rotatable bonds is 3. The van der Waals surface area contributed by atoms with Crippen LogP contribution in [0.5, 0.6) is 0 Å². The van der Waals surface area contributed by atoms with Gasteiger partial charge in [0.25, 0.3) is 0 Å². The minimum absolute atomic E-state index is 0.222. The second-order valence-electron chi connectivity index (χ2n) is 4.46. The Hall–Kier alpha value is -1.09. The number of aryl methyl sites for hydroxylation is 1. The monoisotopic (exact) mass is 298 g/mol. The van der Waals surface area contributed by atoms with Crippen molar-refractivity contribution < 1.29 is 9.50 Å². The van der Waals surface area contributed by atoms with Gasteiger partial charge in [-0.25, -0.2) is 4.39 Å². The van der Waals surface area contributed by atoms with Crippen LogP contribution in [-0.2, 0) is 6.42 Å². The molecule has 0 spiro atoms. The molecule has 0 radical (unpaired) electrons.